The molecule has 3 rings (SSSR count). The lowest BCUT2D eigenvalue weighted by Gasteiger charge is -2.25. The zero-order valence-corrected chi connectivity index (χ0v) is 15.0. The number of ether oxygens (including phenoxy) is 2. The van der Waals surface area contributed by atoms with Crippen molar-refractivity contribution in [1.82, 2.24) is 10.2 Å². The van der Waals surface area contributed by atoms with E-state index >= 15 is 0 Å². The summed E-state index contributed by atoms with van der Waals surface area (Å²) in [6.07, 6.45) is 0. The minimum Gasteiger partial charge on any atom is -0.454 e. The molecule has 1 aromatic heterocycles. The lowest BCUT2D eigenvalue weighted by molar-refractivity contribution is -0.133. The number of hydrogen-bond acceptors (Lipinski definition) is 5. The van der Waals surface area contributed by atoms with E-state index in [2.05, 4.69) is 5.32 Å². The minimum absolute atomic E-state index is 0.120. The van der Waals surface area contributed by atoms with Gasteiger partial charge in [0.1, 0.15) is 6.04 Å². The summed E-state index contributed by atoms with van der Waals surface area (Å²) in [4.78, 5) is 27.1. The molecule has 0 saturated carbocycles. The van der Waals surface area contributed by atoms with Crippen molar-refractivity contribution >= 4 is 23.2 Å². The van der Waals surface area contributed by atoms with Gasteiger partial charge < -0.3 is 19.7 Å². The molecule has 1 aromatic carbocycles. The van der Waals surface area contributed by atoms with Gasteiger partial charge in [-0.15, -0.1) is 11.3 Å². The van der Waals surface area contributed by atoms with E-state index in [0.29, 0.717) is 23.7 Å². The lowest BCUT2D eigenvalue weighted by Crippen LogP contribution is -2.46. The first kappa shape index (κ1) is 17.3. The van der Waals surface area contributed by atoms with Crippen LogP contribution in [0.1, 0.15) is 29.1 Å². The van der Waals surface area contributed by atoms with Gasteiger partial charge in [0.25, 0.3) is 5.91 Å². The van der Waals surface area contributed by atoms with E-state index in [1.807, 2.05) is 36.6 Å². The highest BCUT2D eigenvalue weighted by Gasteiger charge is 2.23. The van der Waals surface area contributed by atoms with Crippen LogP contribution in [0.15, 0.2) is 35.7 Å². The summed E-state index contributed by atoms with van der Waals surface area (Å²) in [5.74, 6) is 1.06. The molecule has 0 aliphatic carbocycles. The topological polar surface area (TPSA) is 67.9 Å². The molecule has 2 aromatic rings. The van der Waals surface area contributed by atoms with Crippen LogP contribution in [0.25, 0.3) is 0 Å². The van der Waals surface area contributed by atoms with Crippen molar-refractivity contribution in [1.29, 1.82) is 0 Å². The SMILES string of the molecule is CCN(Cc1ccc2c(c1)OCO2)C(=O)C(C)NC(=O)c1cccs1. The molecule has 0 bridgehead atoms. The first-order valence-corrected chi connectivity index (χ1v) is 8.98. The summed E-state index contributed by atoms with van der Waals surface area (Å²) < 4.78 is 10.7. The molecule has 1 atom stereocenters. The number of carbonyl (C=O) groups excluding carboxylic acids is 2. The van der Waals surface area contributed by atoms with Crippen LogP contribution in [-0.4, -0.2) is 36.1 Å². The molecule has 132 valence electrons. The fraction of sp³-hybridized carbons (Fsp3) is 0.333. The summed E-state index contributed by atoms with van der Waals surface area (Å²) in [6.45, 7) is 4.84. The predicted molar refractivity (Wildman–Crippen MR) is 94.9 cm³/mol. The van der Waals surface area contributed by atoms with E-state index in [0.717, 1.165) is 11.3 Å². The molecule has 7 heteroatoms. The Bertz CT molecular complexity index is 760. The molecule has 1 N–H and O–H groups in total. The van der Waals surface area contributed by atoms with Crippen LogP contribution >= 0.6 is 11.3 Å². The summed E-state index contributed by atoms with van der Waals surface area (Å²) in [5.41, 5.74) is 0.955. The van der Waals surface area contributed by atoms with E-state index in [1.165, 1.54) is 11.3 Å². The number of hydrogen-bond donors (Lipinski definition) is 1. The van der Waals surface area contributed by atoms with Gasteiger partial charge in [-0.3, -0.25) is 9.59 Å². The van der Waals surface area contributed by atoms with Gasteiger partial charge in [-0.1, -0.05) is 12.1 Å². The van der Waals surface area contributed by atoms with Gasteiger partial charge >= 0.3 is 0 Å². The third kappa shape index (κ3) is 3.93. The number of amides is 2. The molecule has 0 radical (unpaired) electrons. The maximum atomic E-state index is 12.7. The molecule has 0 spiro atoms. The maximum Gasteiger partial charge on any atom is 0.261 e. The molecule has 1 unspecified atom stereocenters. The number of fused-ring (bicyclic) bond motifs is 1. The highest BCUT2D eigenvalue weighted by Crippen LogP contribution is 2.32. The first-order valence-electron chi connectivity index (χ1n) is 8.10. The Hall–Kier alpha value is -2.54. The Kier molecular flexibility index (Phi) is 5.23. The molecule has 6 nitrogen and oxygen atoms in total. The first-order chi connectivity index (χ1) is 12.1. The normalized spacial score (nSPS) is 13.4. The van der Waals surface area contributed by atoms with Crippen LogP contribution in [0.2, 0.25) is 0 Å². The van der Waals surface area contributed by atoms with Crippen molar-refractivity contribution in [3.05, 3.63) is 46.2 Å². The van der Waals surface area contributed by atoms with E-state index < -0.39 is 6.04 Å². The Labute approximate surface area is 150 Å². The molecule has 1 aliphatic rings. The molecule has 1 aliphatic heterocycles. The van der Waals surface area contributed by atoms with Gasteiger partial charge in [-0.25, -0.2) is 0 Å². The molecular weight excluding hydrogens is 340 g/mol. The van der Waals surface area contributed by atoms with Gasteiger partial charge in [-0.2, -0.15) is 0 Å². The second kappa shape index (κ2) is 7.57. The Balaban J connectivity index is 1.63. The molecule has 2 amide bonds. The number of likely N-dealkylation sites (N-methyl/N-ethyl adjacent to an activating group) is 1. The molecule has 25 heavy (non-hydrogen) atoms. The Morgan fingerprint density at radius 3 is 2.80 bits per heavy atom. The Morgan fingerprint density at radius 2 is 2.08 bits per heavy atom. The average Bonchev–Trinajstić information content (AvgIpc) is 3.29. The Morgan fingerprint density at radius 1 is 1.28 bits per heavy atom. The minimum atomic E-state index is -0.594. The van der Waals surface area contributed by atoms with Crippen LogP contribution in [0.3, 0.4) is 0 Å². The zero-order valence-electron chi connectivity index (χ0n) is 14.2. The van der Waals surface area contributed by atoms with Gasteiger partial charge in [0.15, 0.2) is 11.5 Å². The predicted octanol–water partition coefficient (Wildman–Crippen LogP) is 2.64. The molecule has 0 fully saturated rings. The van der Waals surface area contributed by atoms with Crippen LogP contribution in [0, 0.1) is 0 Å². The highest BCUT2D eigenvalue weighted by atomic mass is 32.1. The third-order valence-electron chi connectivity index (χ3n) is 3.97. The van der Waals surface area contributed by atoms with Crippen LogP contribution < -0.4 is 14.8 Å². The van der Waals surface area contributed by atoms with Crippen molar-refractivity contribution < 1.29 is 19.1 Å². The maximum absolute atomic E-state index is 12.7. The monoisotopic (exact) mass is 360 g/mol. The van der Waals surface area contributed by atoms with E-state index in [1.54, 1.807) is 17.9 Å². The number of nitrogens with one attached hydrogen (secondary N) is 1. The van der Waals surface area contributed by atoms with Crippen molar-refractivity contribution in [3.63, 3.8) is 0 Å². The van der Waals surface area contributed by atoms with Crippen LogP contribution in [0.5, 0.6) is 11.5 Å². The van der Waals surface area contributed by atoms with E-state index in [-0.39, 0.29) is 18.6 Å². The smallest absolute Gasteiger partial charge is 0.261 e. The van der Waals surface area contributed by atoms with Crippen molar-refractivity contribution in [2.24, 2.45) is 0 Å². The number of carbonyl (C=O) groups is 2. The van der Waals surface area contributed by atoms with Gasteiger partial charge in [0.05, 0.1) is 4.88 Å². The largest absolute Gasteiger partial charge is 0.454 e. The number of nitrogens with zero attached hydrogens (tertiary/aromatic N) is 1. The van der Waals surface area contributed by atoms with Gasteiger partial charge in [-0.05, 0) is 43.0 Å². The van der Waals surface area contributed by atoms with Crippen molar-refractivity contribution in [2.75, 3.05) is 13.3 Å². The second-order valence-corrected chi connectivity index (χ2v) is 6.66. The van der Waals surface area contributed by atoms with E-state index in [4.69, 9.17) is 9.47 Å². The van der Waals surface area contributed by atoms with Crippen LogP contribution in [0.4, 0.5) is 0 Å². The third-order valence-corrected chi connectivity index (χ3v) is 4.84. The van der Waals surface area contributed by atoms with Crippen molar-refractivity contribution in [2.45, 2.75) is 26.4 Å². The lowest BCUT2D eigenvalue weighted by atomic mass is 10.1. The number of rotatable bonds is 6. The number of thiophene rings is 1. The molecular formula is C18H20N2O4S. The van der Waals surface area contributed by atoms with Crippen molar-refractivity contribution in [3.8, 4) is 11.5 Å². The summed E-state index contributed by atoms with van der Waals surface area (Å²) >= 11 is 1.35. The van der Waals surface area contributed by atoms with Gasteiger partial charge in [0, 0.05) is 13.1 Å². The second-order valence-electron chi connectivity index (χ2n) is 5.71. The molecule has 2 heterocycles. The van der Waals surface area contributed by atoms with Gasteiger partial charge in [0.2, 0.25) is 12.7 Å². The fourth-order valence-corrected chi connectivity index (χ4v) is 3.24. The summed E-state index contributed by atoms with van der Waals surface area (Å²) in [5, 5.41) is 4.59. The average molecular weight is 360 g/mol. The molecule has 0 saturated heterocycles. The highest BCUT2D eigenvalue weighted by molar-refractivity contribution is 7.12. The quantitative estimate of drug-likeness (QED) is 0.860. The summed E-state index contributed by atoms with van der Waals surface area (Å²) in [7, 11) is 0. The van der Waals surface area contributed by atoms with E-state index in [9.17, 15) is 9.59 Å². The standard InChI is InChI=1S/C18H20N2O4S/c1-3-20(10-13-6-7-14-15(9-13)24-11-23-14)18(22)12(2)19-17(21)16-5-4-8-25-16/h4-9,12H,3,10-11H2,1-2H3,(H,19,21). The summed E-state index contributed by atoms with van der Waals surface area (Å²) in [6, 6.07) is 8.60. The van der Waals surface area contributed by atoms with Crippen LogP contribution in [-0.2, 0) is 11.3 Å². The zero-order chi connectivity index (χ0) is 17.8. The fourth-order valence-electron chi connectivity index (χ4n) is 2.62. The number of benzene rings is 1.